The molecule has 0 radical (unpaired) electrons. The third-order valence-electron chi connectivity index (χ3n) is 4.34. The van der Waals surface area contributed by atoms with Crippen LogP contribution in [-0.4, -0.2) is 52.4 Å². The normalized spacial score (nSPS) is 13.5. The predicted molar refractivity (Wildman–Crippen MR) is 115 cm³/mol. The summed E-state index contributed by atoms with van der Waals surface area (Å²) in [5.74, 6) is -0.173. The predicted octanol–water partition coefficient (Wildman–Crippen LogP) is 3.20. The molecule has 4 rings (SSSR count). The van der Waals surface area contributed by atoms with Crippen molar-refractivity contribution >= 4 is 45.5 Å². The lowest BCUT2D eigenvalue weighted by atomic mass is 10.2. The second-order valence-corrected chi connectivity index (χ2v) is 7.73. The molecule has 0 atom stereocenters. The molecule has 12 heteroatoms. The van der Waals surface area contributed by atoms with Crippen LogP contribution in [-0.2, 0) is 11.3 Å². The minimum Gasteiger partial charge on any atom is -0.462 e. The minimum absolute atomic E-state index is 0.197. The van der Waals surface area contributed by atoms with E-state index in [2.05, 4.69) is 30.3 Å². The fourth-order valence-electron chi connectivity index (χ4n) is 2.85. The first kappa shape index (κ1) is 20.9. The van der Waals surface area contributed by atoms with Crippen LogP contribution in [0.15, 0.2) is 30.6 Å². The molecule has 1 aliphatic heterocycles. The minimum atomic E-state index is -0.396. The summed E-state index contributed by atoms with van der Waals surface area (Å²) in [6.45, 7) is 9.75. The van der Waals surface area contributed by atoms with Crippen LogP contribution in [0.4, 0.5) is 16.6 Å². The van der Waals surface area contributed by atoms with Crippen LogP contribution in [0.3, 0.4) is 0 Å². The lowest BCUT2D eigenvalue weighted by molar-refractivity contribution is 0.102. The first-order chi connectivity index (χ1) is 15.1. The summed E-state index contributed by atoms with van der Waals surface area (Å²) in [6, 6.07) is 5.08. The summed E-state index contributed by atoms with van der Waals surface area (Å²) in [5, 5.41) is 11.7. The number of nitrogens with zero attached hydrogens (tertiary/aromatic N) is 6. The van der Waals surface area contributed by atoms with Crippen LogP contribution in [0.5, 0.6) is 5.19 Å². The van der Waals surface area contributed by atoms with Gasteiger partial charge in [-0.1, -0.05) is 23.3 Å². The fraction of sp³-hybridized carbons (Fsp3) is 0.263. The molecule has 1 amide bonds. The van der Waals surface area contributed by atoms with Gasteiger partial charge in [-0.25, -0.2) is 0 Å². The first-order valence-corrected chi connectivity index (χ1v) is 10.4. The van der Waals surface area contributed by atoms with E-state index in [-0.39, 0.29) is 17.6 Å². The maximum Gasteiger partial charge on any atom is 0.296 e. The molecule has 0 aliphatic carbocycles. The Morgan fingerprint density at radius 1 is 1.29 bits per heavy atom. The van der Waals surface area contributed by atoms with E-state index < -0.39 is 5.91 Å². The number of carbonyl (C=O) groups is 1. The number of aromatic nitrogens is 4. The summed E-state index contributed by atoms with van der Waals surface area (Å²) in [5.41, 5.74) is 1.67. The van der Waals surface area contributed by atoms with Crippen LogP contribution in [0.25, 0.3) is 4.85 Å². The molecule has 0 saturated carbocycles. The lowest BCUT2D eigenvalue weighted by Crippen LogP contribution is -2.37. The van der Waals surface area contributed by atoms with Gasteiger partial charge in [0.15, 0.2) is 0 Å². The van der Waals surface area contributed by atoms with E-state index in [9.17, 15) is 4.79 Å². The van der Waals surface area contributed by atoms with Crippen molar-refractivity contribution in [3.8, 4) is 5.19 Å². The van der Waals surface area contributed by atoms with E-state index in [4.69, 9.17) is 27.6 Å². The van der Waals surface area contributed by atoms with E-state index in [1.54, 1.807) is 18.2 Å². The third-order valence-corrected chi connectivity index (χ3v) is 5.31. The number of amides is 1. The van der Waals surface area contributed by atoms with Crippen molar-refractivity contribution in [2.75, 3.05) is 36.5 Å². The summed E-state index contributed by atoms with van der Waals surface area (Å²) in [6.07, 6.45) is 2.93. The van der Waals surface area contributed by atoms with Crippen molar-refractivity contribution in [1.29, 1.82) is 0 Å². The van der Waals surface area contributed by atoms with Crippen molar-refractivity contribution in [1.82, 2.24) is 20.2 Å². The van der Waals surface area contributed by atoms with Crippen LogP contribution >= 0.6 is 22.9 Å². The molecular formula is C19H16ClN7O3S. The Kier molecular flexibility index (Phi) is 6.51. The SMILES string of the molecule is [C-]#[N+]c1cc(N2CCOCC2)c(C(=O)Nc2nnc(OCc3ccc(Cl)cn3)s2)cn1. The summed E-state index contributed by atoms with van der Waals surface area (Å²) >= 11 is 6.91. The van der Waals surface area contributed by atoms with Gasteiger partial charge in [-0.2, -0.15) is 0 Å². The Balaban J connectivity index is 1.45. The maximum atomic E-state index is 12.9. The molecular weight excluding hydrogens is 442 g/mol. The van der Waals surface area contributed by atoms with Gasteiger partial charge in [-0.3, -0.25) is 15.1 Å². The van der Waals surface area contributed by atoms with E-state index in [0.717, 1.165) is 11.3 Å². The van der Waals surface area contributed by atoms with Gasteiger partial charge in [0, 0.05) is 25.0 Å². The average molecular weight is 458 g/mol. The Labute approximate surface area is 186 Å². The molecule has 3 aromatic heterocycles. The van der Waals surface area contributed by atoms with Crippen molar-refractivity contribution in [2.24, 2.45) is 0 Å². The molecule has 31 heavy (non-hydrogen) atoms. The van der Waals surface area contributed by atoms with Gasteiger partial charge in [0.2, 0.25) is 5.13 Å². The molecule has 0 aromatic carbocycles. The second-order valence-electron chi connectivity index (χ2n) is 6.35. The number of hydrogen-bond donors (Lipinski definition) is 1. The number of pyridine rings is 2. The van der Waals surface area contributed by atoms with Gasteiger partial charge in [0.1, 0.15) is 18.4 Å². The Morgan fingerprint density at radius 3 is 2.87 bits per heavy atom. The zero-order valence-corrected chi connectivity index (χ0v) is 17.7. The molecule has 1 saturated heterocycles. The Bertz CT molecular complexity index is 1110. The first-order valence-electron chi connectivity index (χ1n) is 9.20. The molecule has 4 heterocycles. The molecule has 1 aliphatic rings. The molecule has 0 spiro atoms. The highest BCUT2D eigenvalue weighted by molar-refractivity contribution is 7.17. The topological polar surface area (TPSA) is 107 Å². The number of hydrogen-bond acceptors (Lipinski definition) is 9. The average Bonchev–Trinajstić information content (AvgIpc) is 3.26. The standard InChI is InChI=1S/C19H16ClN7O3S/c1-21-16-8-15(27-4-6-29-7-5-27)14(10-23-16)17(28)24-18-25-26-19(31-18)30-11-13-3-2-12(20)9-22-13/h2-3,8-10H,4-7,11H2,(H,24,25,28). The van der Waals surface area contributed by atoms with Crippen molar-refractivity contribution < 1.29 is 14.3 Å². The number of morpholine rings is 1. The largest absolute Gasteiger partial charge is 0.462 e. The number of halogens is 1. The molecule has 1 N–H and O–H groups in total. The molecule has 1 fully saturated rings. The van der Waals surface area contributed by atoms with Gasteiger partial charge in [0.05, 0.1) is 23.9 Å². The number of nitrogens with one attached hydrogen (secondary N) is 1. The maximum absolute atomic E-state index is 12.9. The molecule has 158 valence electrons. The highest BCUT2D eigenvalue weighted by Crippen LogP contribution is 2.28. The number of anilines is 2. The number of rotatable bonds is 6. The van der Waals surface area contributed by atoms with Crippen LogP contribution in [0.1, 0.15) is 16.1 Å². The Morgan fingerprint density at radius 2 is 2.13 bits per heavy atom. The Hall–Kier alpha value is -3.33. The van der Waals surface area contributed by atoms with E-state index in [1.165, 1.54) is 12.4 Å². The lowest BCUT2D eigenvalue weighted by Gasteiger charge is -2.30. The van der Waals surface area contributed by atoms with Crippen molar-refractivity contribution in [3.63, 3.8) is 0 Å². The van der Waals surface area contributed by atoms with Gasteiger partial charge in [0.25, 0.3) is 16.9 Å². The van der Waals surface area contributed by atoms with Crippen molar-refractivity contribution in [2.45, 2.75) is 6.61 Å². The summed E-state index contributed by atoms with van der Waals surface area (Å²) in [4.78, 5) is 26.4. The molecule has 10 nitrogen and oxygen atoms in total. The third kappa shape index (κ3) is 5.24. The highest BCUT2D eigenvalue weighted by Gasteiger charge is 2.22. The van der Waals surface area contributed by atoms with Gasteiger partial charge < -0.3 is 19.2 Å². The summed E-state index contributed by atoms with van der Waals surface area (Å²) < 4.78 is 10.9. The fourth-order valence-corrected chi connectivity index (χ4v) is 3.55. The van der Waals surface area contributed by atoms with E-state index >= 15 is 0 Å². The monoisotopic (exact) mass is 457 g/mol. The van der Waals surface area contributed by atoms with E-state index in [1.807, 2.05) is 4.90 Å². The quantitative estimate of drug-likeness (QED) is 0.562. The molecule has 0 bridgehead atoms. The molecule has 0 unspecified atom stereocenters. The van der Waals surface area contributed by atoms with Gasteiger partial charge in [-0.05, 0) is 29.5 Å². The van der Waals surface area contributed by atoms with Gasteiger partial charge >= 0.3 is 0 Å². The van der Waals surface area contributed by atoms with Gasteiger partial charge in [-0.15, -0.1) is 10.1 Å². The van der Waals surface area contributed by atoms with Crippen LogP contribution < -0.4 is 15.0 Å². The zero-order chi connectivity index (χ0) is 21.6. The zero-order valence-electron chi connectivity index (χ0n) is 16.1. The highest BCUT2D eigenvalue weighted by atomic mass is 35.5. The number of ether oxygens (including phenoxy) is 2. The van der Waals surface area contributed by atoms with Crippen LogP contribution in [0.2, 0.25) is 5.02 Å². The van der Waals surface area contributed by atoms with E-state index in [0.29, 0.717) is 53.5 Å². The second kappa shape index (κ2) is 9.65. The van der Waals surface area contributed by atoms with Crippen LogP contribution in [0, 0.1) is 6.57 Å². The number of carbonyl (C=O) groups excluding carboxylic acids is 1. The van der Waals surface area contributed by atoms with Crippen molar-refractivity contribution in [3.05, 3.63) is 58.3 Å². The summed E-state index contributed by atoms with van der Waals surface area (Å²) in [7, 11) is 0. The molecule has 3 aromatic rings. The smallest absolute Gasteiger partial charge is 0.296 e.